The van der Waals surface area contributed by atoms with E-state index in [1.807, 2.05) is 29.7 Å². The summed E-state index contributed by atoms with van der Waals surface area (Å²) in [5.74, 6) is -1.74. The van der Waals surface area contributed by atoms with Crippen molar-refractivity contribution in [1.82, 2.24) is 25.6 Å². The maximum Gasteiger partial charge on any atom is 0.434 e. The molecule has 0 saturated carbocycles. The Morgan fingerprint density at radius 2 is 1.78 bits per heavy atom. The van der Waals surface area contributed by atoms with Gasteiger partial charge in [0, 0.05) is 22.1 Å². The number of aromatic nitrogens is 3. The highest BCUT2D eigenvalue weighted by Crippen LogP contribution is 2.33. The van der Waals surface area contributed by atoms with Crippen LogP contribution in [0.2, 0.25) is 5.02 Å². The van der Waals surface area contributed by atoms with E-state index in [0.29, 0.717) is 15.3 Å². The highest BCUT2D eigenvalue weighted by molar-refractivity contribution is 6.30. The van der Waals surface area contributed by atoms with Gasteiger partial charge in [0.15, 0.2) is 5.69 Å². The number of carbonyl (C=O) groups is 2. The Morgan fingerprint density at radius 3 is 2.50 bits per heavy atom. The molecule has 0 saturated heterocycles. The molecule has 0 unspecified atom stereocenters. The van der Waals surface area contributed by atoms with Crippen LogP contribution in [-0.4, -0.2) is 26.6 Å². The van der Waals surface area contributed by atoms with E-state index in [4.69, 9.17) is 11.6 Å². The van der Waals surface area contributed by atoms with E-state index in [1.165, 1.54) is 24.3 Å². The van der Waals surface area contributed by atoms with Crippen molar-refractivity contribution in [3.63, 3.8) is 0 Å². The molecule has 7 nitrogen and oxygen atoms in total. The van der Waals surface area contributed by atoms with Crippen molar-refractivity contribution in [2.24, 2.45) is 0 Å². The number of amides is 2. The fourth-order valence-corrected chi connectivity index (χ4v) is 3.38. The number of H-pyrrole nitrogens is 1. The van der Waals surface area contributed by atoms with Crippen LogP contribution in [0.4, 0.5) is 13.2 Å². The normalized spacial score (nSPS) is 11.5. The van der Waals surface area contributed by atoms with Gasteiger partial charge in [-0.25, -0.2) is 4.68 Å². The monoisotopic (exact) mass is 461 g/mol. The third-order valence-corrected chi connectivity index (χ3v) is 4.95. The number of halogens is 4. The summed E-state index contributed by atoms with van der Waals surface area (Å²) in [6, 6.07) is 12.8. The van der Waals surface area contributed by atoms with Crippen LogP contribution < -0.4 is 10.9 Å². The predicted molar refractivity (Wildman–Crippen MR) is 111 cm³/mol. The maximum absolute atomic E-state index is 13.7. The summed E-state index contributed by atoms with van der Waals surface area (Å²) < 4.78 is 41.7. The molecule has 2 aromatic heterocycles. The van der Waals surface area contributed by atoms with Crippen molar-refractivity contribution >= 4 is 34.3 Å². The molecule has 2 aromatic carbocycles. The first-order valence-corrected chi connectivity index (χ1v) is 9.67. The molecule has 0 fully saturated rings. The molecule has 0 spiro atoms. The van der Waals surface area contributed by atoms with Crippen molar-refractivity contribution < 1.29 is 22.8 Å². The minimum atomic E-state index is -4.88. The number of hydrazine groups is 1. The molecular formula is C21H15ClF3N5O2. The molecule has 0 radical (unpaired) electrons. The summed E-state index contributed by atoms with van der Waals surface area (Å²) in [5, 5.41) is 4.87. The molecule has 0 aliphatic rings. The minimum Gasteiger partial charge on any atom is -0.361 e. The number of rotatable bonds is 4. The lowest BCUT2D eigenvalue weighted by Crippen LogP contribution is -2.42. The first-order valence-electron chi connectivity index (χ1n) is 9.29. The van der Waals surface area contributed by atoms with Crippen LogP contribution in [0.15, 0.2) is 60.9 Å². The maximum atomic E-state index is 13.7. The van der Waals surface area contributed by atoms with Crippen LogP contribution in [0.25, 0.3) is 16.6 Å². The van der Waals surface area contributed by atoms with Gasteiger partial charge in [0.2, 0.25) is 5.91 Å². The summed E-state index contributed by atoms with van der Waals surface area (Å²) in [4.78, 5) is 27.7. The number of hydrogen-bond acceptors (Lipinski definition) is 3. The third-order valence-electron chi connectivity index (χ3n) is 4.69. The van der Waals surface area contributed by atoms with E-state index in [-0.39, 0.29) is 12.1 Å². The van der Waals surface area contributed by atoms with E-state index in [1.54, 1.807) is 6.20 Å². The summed E-state index contributed by atoms with van der Waals surface area (Å²) >= 11 is 5.78. The van der Waals surface area contributed by atoms with Gasteiger partial charge < -0.3 is 4.98 Å². The van der Waals surface area contributed by atoms with Gasteiger partial charge in [-0.2, -0.15) is 18.3 Å². The number of fused-ring (bicyclic) bond motifs is 1. The number of para-hydroxylation sites is 1. The second kappa shape index (κ2) is 8.39. The quantitative estimate of drug-likeness (QED) is 0.401. The molecule has 4 rings (SSSR count). The Kier molecular flexibility index (Phi) is 5.62. The zero-order chi connectivity index (χ0) is 22.9. The summed E-state index contributed by atoms with van der Waals surface area (Å²) in [6.45, 7) is 0. The molecule has 0 aliphatic heterocycles. The van der Waals surface area contributed by atoms with E-state index in [0.717, 1.165) is 17.1 Å². The van der Waals surface area contributed by atoms with Crippen LogP contribution in [0.5, 0.6) is 0 Å². The zero-order valence-electron chi connectivity index (χ0n) is 16.2. The fraction of sp³-hybridized carbons (Fsp3) is 0.0952. The van der Waals surface area contributed by atoms with Gasteiger partial charge in [-0.15, -0.1) is 0 Å². The molecule has 2 heterocycles. The molecular weight excluding hydrogens is 447 g/mol. The van der Waals surface area contributed by atoms with Crippen molar-refractivity contribution in [2.75, 3.05) is 0 Å². The molecule has 164 valence electrons. The van der Waals surface area contributed by atoms with Gasteiger partial charge in [-0.3, -0.25) is 20.4 Å². The second-order valence-corrected chi connectivity index (χ2v) is 7.27. The number of carbonyl (C=O) groups excluding carboxylic acids is 2. The Balaban J connectivity index is 1.50. The lowest BCUT2D eigenvalue weighted by molar-refractivity contribution is -0.143. The Labute approximate surface area is 184 Å². The number of aromatic amines is 1. The molecule has 32 heavy (non-hydrogen) atoms. The summed E-state index contributed by atoms with van der Waals surface area (Å²) in [7, 11) is 0. The minimum absolute atomic E-state index is 0.0733. The Morgan fingerprint density at radius 1 is 1.06 bits per heavy atom. The van der Waals surface area contributed by atoms with Crippen LogP contribution in [0.1, 0.15) is 21.6 Å². The fourth-order valence-electron chi connectivity index (χ4n) is 3.25. The molecule has 4 aromatic rings. The highest BCUT2D eigenvalue weighted by atomic mass is 35.5. The van der Waals surface area contributed by atoms with Gasteiger partial charge in [0.1, 0.15) is 0 Å². The van der Waals surface area contributed by atoms with E-state index >= 15 is 0 Å². The van der Waals surface area contributed by atoms with Crippen LogP contribution >= 0.6 is 11.6 Å². The van der Waals surface area contributed by atoms with Gasteiger partial charge >= 0.3 is 6.18 Å². The van der Waals surface area contributed by atoms with Crippen LogP contribution in [0, 0.1) is 0 Å². The average Bonchev–Trinajstić information content (AvgIpc) is 3.38. The van der Waals surface area contributed by atoms with Gasteiger partial charge in [0.25, 0.3) is 5.91 Å². The SMILES string of the molecule is O=C(Cc1c[nH]c2ccccc12)NNC(=O)c1cnn(-c2ccc(Cl)cc2)c1C(F)(F)F. The second-order valence-electron chi connectivity index (χ2n) is 6.83. The largest absolute Gasteiger partial charge is 0.434 e. The van der Waals surface area contributed by atoms with Crippen LogP contribution in [-0.2, 0) is 17.4 Å². The van der Waals surface area contributed by atoms with Crippen molar-refractivity contribution in [3.05, 3.63) is 82.8 Å². The van der Waals surface area contributed by atoms with Crippen LogP contribution in [0.3, 0.4) is 0 Å². The van der Waals surface area contributed by atoms with Gasteiger partial charge in [-0.1, -0.05) is 29.8 Å². The number of nitrogens with zero attached hydrogens (tertiary/aromatic N) is 2. The lowest BCUT2D eigenvalue weighted by Gasteiger charge is -2.13. The standard InChI is InChI=1S/C21H15ClF3N5O2/c22-13-5-7-14(8-6-13)30-19(21(23,24)25)16(11-27-30)20(32)29-28-18(31)9-12-10-26-17-4-2-1-3-15(12)17/h1-8,10-11,26H,9H2,(H,28,31)(H,29,32). The number of benzene rings is 2. The van der Waals surface area contributed by atoms with Gasteiger partial charge in [-0.05, 0) is 35.9 Å². The van der Waals surface area contributed by atoms with E-state index < -0.39 is 29.2 Å². The topological polar surface area (TPSA) is 91.8 Å². The third kappa shape index (κ3) is 4.30. The average molecular weight is 462 g/mol. The first-order chi connectivity index (χ1) is 15.2. The number of nitrogens with one attached hydrogen (secondary N) is 3. The Hall–Kier alpha value is -3.79. The first kappa shape index (κ1) is 21.4. The molecule has 11 heteroatoms. The van der Waals surface area contributed by atoms with Crippen molar-refractivity contribution in [3.8, 4) is 5.69 Å². The highest BCUT2D eigenvalue weighted by Gasteiger charge is 2.40. The van der Waals surface area contributed by atoms with Gasteiger partial charge in [0.05, 0.1) is 23.9 Å². The molecule has 0 aliphatic carbocycles. The molecule has 3 N–H and O–H groups in total. The number of hydrogen-bond donors (Lipinski definition) is 3. The molecule has 0 bridgehead atoms. The molecule has 2 amide bonds. The summed E-state index contributed by atoms with van der Waals surface area (Å²) in [6.07, 6.45) is -2.51. The van der Waals surface area contributed by atoms with Crippen molar-refractivity contribution in [2.45, 2.75) is 12.6 Å². The Bertz CT molecular complexity index is 1300. The van der Waals surface area contributed by atoms with E-state index in [2.05, 4.69) is 15.5 Å². The van der Waals surface area contributed by atoms with Crippen molar-refractivity contribution in [1.29, 1.82) is 0 Å². The van der Waals surface area contributed by atoms with E-state index in [9.17, 15) is 22.8 Å². The predicted octanol–water partition coefficient (Wildman–Crippen LogP) is 4.03. The number of alkyl halides is 3. The summed E-state index contributed by atoms with van der Waals surface area (Å²) in [5.41, 5.74) is 3.75. The molecule has 0 atom stereocenters. The lowest BCUT2D eigenvalue weighted by atomic mass is 10.1. The zero-order valence-corrected chi connectivity index (χ0v) is 17.0. The smallest absolute Gasteiger partial charge is 0.361 e.